The van der Waals surface area contributed by atoms with Crippen molar-refractivity contribution < 1.29 is 33.4 Å². The number of aliphatic imine (C=N–C) groups is 1. The lowest BCUT2D eigenvalue weighted by Gasteiger charge is -2.40. The molecule has 0 aromatic heterocycles. The summed E-state index contributed by atoms with van der Waals surface area (Å²) in [4.78, 5) is 67.5. The minimum Gasteiger partial charge on any atom is -0.467 e. The Morgan fingerprint density at radius 1 is 0.982 bits per heavy atom. The van der Waals surface area contributed by atoms with Gasteiger partial charge in [-0.15, -0.1) is 0 Å². The number of benzene rings is 1. The summed E-state index contributed by atoms with van der Waals surface area (Å²) in [7, 11) is 13.9. The van der Waals surface area contributed by atoms with E-state index in [-0.39, 0.29) is 48.4 Å². The van der Waals surface area contributed by atoms with Crippen LogP contribution in [0.3, 0.4) is 0 Å². The third kappa shape index (κ3) is 13.2. The molecule has 1 fully saturated rings. The van der Waals surface area contributed by atoms with Gasteiger partial charge < -0.3 is 44.4 Å². The first kappa shape index (κ1) is 47.4. The number of nitrogens with zero attached hydrogens (tertiary/aromatic N) is 5. The van der Waals surface area contributed by atoms with Crippen LogP contribution in [0.5, 0.6) is 0 Å². The second-order valence-corrected chi connectivity index (χ2v) is 15.4. The fourth-order valence-corrected chi connectivity index (χ4v) is 7.55. The van der Waals surface area contributed by atoms with Gasteiger partial charge in [0.2, 0.25) is 17.7 Å². The molecule has 2 rings (SSSR count). The number of methoxy groups -OCH3 is 3. The Hall–Kier alpha value is -3.75. The number of guanidine groups is 1. The monoisotopic (exact) mass is 774 g/mol. The molecule has 14 heteroatoms. The smallest absolute Gasteiger partial charge is 0.328 e. The van der Waals surface area contributed by atoms with Gasteiger partial charge in [-0.3, -0.25) is 14.4 Å². The number of nitrogens with one attached hydrogen (secondary N) is 2. The van der Waals surface area contributed by atoms with E-state index >= 15 is 0 Å². The van der Waals surface area contributed by atoms with E-state index in [1.807, 2.05) is 82.2 Å². The van der Waals surface area contributed by atoms with Crippen molar-refractivity contribution in [1.29, 1.82) is 0 Å². The van der Waals surface area contributed by atoms with Gasteiger partial charge in [0.1, 0.15) is 12.1 Å². The highest BCUT2D eigenvalue weighted by Crippen LogP contribution is 2.30. The van der Waals surface area contributed by atoms with Gasteiger partial charge in [0.05, 0.1) is 43.7 Å². The SMILES string of the molecule is CC[C@H](C)[C@@H]([C@@H](CC(=O)N1CCC[C@H]1[C@H](OC)[C@@H](C)C(=O)NC(Cc1ccccc1)C(=O)OC)OC)N(C)C(=O)[C@@H](/N=C(/N(C)C)N(C)CCNC)C(C)C. The topological polar surface area (TPSA) is 145 Å². The molecule has 1 aliphatic rings. The molecule has 1 heterocycles. The van der Waals surface area contributed by atoms with Gasteiger partial charge in [-0.25, -0.2) is 9.79 Å². The summed E-state index contributed by atoms with van der Waals surface area (Å²) in [5.41, 5.74) is 0.885. The maximum Gasteiger partial charge on any atom is 0.328 e. The fraction of sp³-hybridized carbons (Fsp3) is 0.732. The van der Waals surface area contributed by atoms with Crippen LogP contribution in [0.2, 0.25) is 0 Å². The van der Waals surface area contributed by atoms with Crippen molar-refractivity contribution in [2.45, 2.75) is 103 Å². The Morgan fingerprint density at radius 3 is 2.16 bits per heavy atom. The largest absolute Gasteiger partial charge is 0.467 e. The molecule has 1 unspecified atom stereocenters. The minimum atomic E-state index is -0.879. The molecule has 0 radical (unpaired) electrons. The first-order valence-corrected chi connectivity index (χ1v) is 19.7. The van der Waals surface area contributed by atoms with Crippen molar-refractivity contribution in [3.8, 4) is 0 Å². The van der Waals surface area contributed by atoms with Crippen LogP contribution in [-0.2, 0) is 39.8 Å². The number of hydrogen-bond acceptors (Lipinski definition) is 9. The summed E-state index contributed by atoms with van der Waals surface area (Å²) in [6.07, 6.45) is 1.27. The number of likely N-dealkylation sites (tertiary alicyclic amines) is 1. The number of carbonyl (C=O) groups excluding carboxylic acids is 4. The Kier molecular flexibility index (Phi) is 20.1. The zero-order valence-electron chi connectivity index (χ0n) is 35.8. The molecule has 0 spiro atoms. The van der Waals surface area contributed by atoms with E-state index in [0.29, 0.717) is 18.9 Å². The fourth-order valence-electron chi connectivity index (χ4n) is 7.55. The van der Waals surface area contributed by atoms with Crippen LogP contribution in [-0.4, -0.2) is 162 Å². The molecule has 8 atom stereocenters. The van der Waals surface area contributed by atoms with E-state index in [2.05, 4.69) is 24.5 Å². The third-order valence-electron chi connectivity index (χ3n) is 10.9. The van der Waals surface area contributed by atoms with Crippen molar-refractivity contribution >= 4 is 29.7 Å². The lowest BCUT2D eigenvalue weighted by molar-refractivity contribution is -0.148. The van der Waals surface area contributed by atoms with Crippen molar-refractivity contribution in [1.82, 2.24) is 30.2 Å². The van der Waals surface area contributed by atoms with Crippen molar-refractivity contribution in [3.05, 3.63) is 35.9 Å². The van der Waals surface area contributed by atoms with Crippen LogP contribution in [0.4, 0.5) is 0 Å². The van der Waals surface area contributed by atoms with Gasteiger partial charge >= 0.3 is 5.97 Å². The number of likely N-dealkylation sites (N-methyl/N-ethyl adjacent to an activating group) is 3. The summed E-state index contributed by atoms with van der Waals surface area (Å²) >= 11 is 0. The summed E-state index contributed by atoms with van der Waals surface area (Å²) < 4.78 is 17.0. The van der Waals surface area contributed by atoms with Gasteiger partial charge in [-0.1, -0.05) is 71.4 Å². The molecule has 0 bridgehead atoms. The Bertz CT molecular complexity index is 1380. The molecule has 0 aliphatic carbocycles. The molecule has 55 heavy (non-hydrogen) atoms. The molecule has 2 N–H and O–H groups in total. The van der Waals surface area contributed by atoms with Crippen molar-refractivity contribution in [2.24, 2.45) is 22.7 Å². The highest BCUT2D eigenvalue weighted by Gasteiger charge is 2.43. The lowest BCUT2D eigenvalue weighted by Crippen LogP contribution is -2.55. The first-order chi connectivity index (χ1) is 26.1. The van der Waals surface area contributed by atoms with Gasteiger partial charge in [0.25, 0.3) is 0 Å². The van der Waals surface area contributed by atoms with E-state index in [0.717, 1.165) is 31.5 Å². The molecule has 312 valence electrons. The highest BCUT2D eigenvalue weighted by molar-refractivity contribution is 5.88. The van der Waals surface area contributed by atoms with E-state index in [1.54, 1.807) is 38.0 Å². The lowest BCUT2D eigenvalue weighted by atomic mass is 9.89. The summed E-state index contributed by atoms with van der Waals surface area (Å²) in [6.45, 7) is 11.9. The zero-order valence-corrected chi connectivity index (χ0v) is 35.8. The summed E-state index contributed by atoms with van der Waals surface area (Å²) in [5, 5.41) is 6.04. The number of esters is 1. The molecule has 1 saturated heterocycles. The van der Waals surface area contributed by atoms with Crippen LogP contribution >= 0.6 is 0 Å². The van der Waals surface area contributed by atoms with Gasteiger partial charge in [0, 0.05) is 68.5 Å². The summed E-state index contributed by atoms with van der Waals surface area (Å²) in [5.74, 6) is -1.21. The Morgan fingerprint density at radius 2 is 1.64 bits per heavy atom. The van der Waals surface area contributed by atoms with Crippen LogP contribution in [0.15, 0.2) is 35.3 Å². The van der Waals surface area contributed by atoms with Gasteiger partial charge in [0.15, 0.2) is 5.96 Å². The highest BCUT2D eigenvalue weighted by atomic mass is 16.5. The Balaban J connectivity index is 2.32. The van der Waals surface area contributed by atoms with Gasteiger partial charge in [-0.2, -0.15) is 0 Å². The van der Waals surface area contributed by atoms with Crippen molar-refractivity contribution in [2.75, 3.05) is 76.2 Å². The Labute approximate surface area is 330 Å². The maximum atomic E-state index is 14.4. The second-order valence-electron chi connectivity index (χ2n) is 15.4. The summed E-state index contributed by atoms with van der Waals surface area (Å²) in [6, 6.07) is 7.12. The van der Waals surface area contributed by atoms with Crippen LogP contribution in [0.1, 0.15) is 65.9 Å². The average molecular weight is 774 g/mol. The molecule has 0 saturated carbocycles. The van der Waals surface area contributed by atoms with Crippen LogP contribution in [0.25, 0.3) is 0 Å². The standard InChI is InChI=1S/C41H71N7O7/c1-14-28(4)36(47(10)39(51)35(27(2)3)44-41(45(7)8)46(9)24-22-42-6)33(53-11)26-34(49)48-23-18-21-32(48)37(54-12)29(5)38(50)43-31(40(52)55-13)25-30-19-16-15-17-20-30/h15-17,19-20,27-29,31-33,35-37,42H,14,18,21-26H2,1-13H3,(H,43,50)/b44-41-/t28-,29+,31?,32-,33+,35-,36-,37+/m0/s1. The third-order valence-corrected chi connectivity index (χ3v) is 10.9. The van der Waals surface area contributed by atoms with Crippen LogP contribution in [0, 0.1) is 17.8 Å². The van der Waals surface area contributed by atoms with Gasteiger partial charge in [-0.05, 0) is 37.3 Å². The molecule has 1 aromatic rings. The van der Waals surface area contributed by atoms with E-state index in [1.165, 1.54) is 7.11 Å². The van der Waals surface area contributed by atoms with E-state index < -0.39 is 42.2 Å². The molecule has 3 amide bonds. The maximum absolute atomic E-state index is 14.4. The first-order valence-electron chi connectivity index (χ1n) is 19.7. The quantitative estimate of drug-likeness (QED) is 0.109. The molecule has 14 nitrogen and oxygen atoms in total. The van der Waals surface area contributed by atoms with Crippen molar-refractivity contribution in [3.63, 3.8) is 0 Å². The molecule has 1 aromatic carbocycles. The predicted molar refractivity (Wildman–Crippen MR) is 217 cm³/mol. The minimum absolute atomic E-state index is 0.0126. The number of carbonyl (C=O) groups is 4. The average Bonchev–Trinajstić information content (AvgIpc) is 3.65. The number of hydrogen-bond donors (Lipinski definition) is 2. The molecular weight excluding hydrogens is 702 g/mol. The number of amides is 3. The van der Waals surface area contributed by atoms with E-state index in [4.69, 9.17) is 19.2 Å². The van der Waals surface area contributed by atoms with E-state index in [9.17, 15) is 19.2 Å². The zero-order chi connectivity index (χ0) is 41.4. The normalized spacial score (nSPS) is 18.5. The second kappa shape index (κ2) is 23.3. The molecule has 1 aliphatic heterocycles. The molecular formula is C41H71N7O7. The number of rotatable bonds is 21. The number of ether oxygens (including phenoxy) is 3. The predicted octanol–water partition coefficient (Wildman–Crippen LogP) is 2.90. The van der Waals surface area contributed by atoms with Crippen LogP contribution < -0.4 is 10.6 Å².